The molecule has 3 amide bonds. The van der Waals surface area contributed by atoms with Crippen molar-refractivity contribution in [1.82, 2.24) is 4.90 Å². The van der Waals surface area contributed by atoms with Gasteiger partial charge < -0.3 is 29.4 Å². The van der Waals surface area contributed by atoms with Gasteiger partial charge in [0.05, 0.1) is 23.2 Å². The minimum atomic E-state index is -0.766. The number of anilines is 3. The third-order valence-corrected chi connectivity index (χ3v) is 12.6. The van der Waals surface area contributed by atoms with Crippen molar-refractivity contribution in [3.8, 4) is 5.75 Å². The number of nitrogens with zero attached hydrogens (tertiary/aromatic N) is 4. The molecule has 3 heterocycles. The monoisotopic (exact) mass is 688 g/mol. The van der Waals surface area contributed by atoms with Crippen LogP contribution < -0.4 is 19.4 Å². The van der Waals surface area contributed by atoms with Crippen molar-refractivity contribution < 1.29 is 24.2 Å². The Labute approximate surface area is 296 Å². The Morgan fingerprint density at radius 3 is 2.06 bits per heavy atom. The molecule has 1 spiro atoms. The lowest BCUT2D eigenvalue weighted by Crippen LogP contribution is -2.57. The standard InChI is InChI=1S/C39H52N4O5S/c1-7-22-41(30-18-20-31(21-19-30)48-11-5)36(45)33-32-26-27(6)39(49-32)34(33)37(46)43(24-12-13-25-44)35(39)38(47)42(23-8-2)29-16-14-28(15-17-29)40(9-3)10-4/h7-8,14-21,27,32-35,44H,1-2,9-13,22-26H2,3-6H3/t27?,32-,33+,34+,35?,39?/m1/s1. The summed E-state index contributed by atoms with van der Waals surface area (Å²) >= 11 is 1.67. The van der Waals surface area contributed by atoms with Gasteiger partial charge in [-0.2, -0.15) is 0 Å². The van der Waals surface area contributed by atoms with Crippen LogP contribution in [-0.2, 0) is 14.4 Å². The number of benzene rings is 2. The first-order chi connectivity index (χ1) is 23.7. The zero-order valence-electron chi connectivity index (χ0n) is 29.4. The maximum Gasteiger partial charge on any atom is 0.251 e. The first-order valence-corrected chi connectivity index (χ1v) is 18.6. The van der Waals surface area contributed by atoms with Crippen LogP contribution in [0.15, 0.2) is 73.8 Å². The molecule has 3 saturated heterocycles. The number of unbranched alkanes of at least 4 members (excludes halogenated alkanes) is 1. The fourth-order valence-electron chi connectivity index (χ4n) is 8.27. The lowest BCUT2D eigenvalue weighted by molar-refractivity contribution is -0.139. The van der Waals surface area contributed by atoms with Crippen molar-refractivity contribution in [3.63, 3.8) is 0 Å². The van der Waals surface area contributed by atoms with Gasteiger partial charge in [-0.1, -0.05) is 19.1 Å². The average Bonchev–Trinajstić information content (AvgIpc) is 3.70. The normalized spacial score (nSPS) is 25.2. The maximum absolute atomic E-state index is 15.0. The summed E-state index contributed by atoms with van der Waals surface area (Å²) < 4.78 is 4.86. The predicted octanol–water partition coefficient (Wildman–Crippen LogP) is 5.78. The van der Waals surface area contributed by atoms with Crippen LogP contribution in [0, 0.1) is 17.8 Å². The first-order valence-electron chi connectivity index (χ1n) is 17.7. The smallest absolute Gasteiger partial charge is 0.251 e. The van der Waals surface area contributed by atoms with Crippen LogP contribution in [0.2, 0.25) is 0 Å². The number of amides is 3. The number of fused-ring (bicyclic) bond motifs is 1. The fraction of sp³-hybridized carbons (Fsp3) is 0.513. The molecule has 6 atom stereocenters. The van der Waals surface area contributed by atoms with Gasteiger partial charge in [0, 0.05) is 61.6 Å². The molecule has 9 nitrogen and oxygen atoms in total. The Kier molecular flexibility index (Phi) is 11.8. The van der Waals surface area contributed by atoms with Gasteiger partial charge in [0.25, 0.3) is 5.91 Å². The summed E-state index contributed by atoms with van der Waals surface area (Å²) in [6.07, 6.45) is 5.24. The van der Waals surface area contributed by atoms with Crippen molar-refractivity contribution in [2.45, 2.75) is 63.0 Å². The summed E-state index contributed by atoms with van der Waals surface area (Å²) in [4.78, 5) is 51.9. The molecule has 3 aliphatic rings. The highest BCUT2D eigenvalue weighted by atomic mass is 32.2. The summed E-state index contributed by atoms with van der Waals surface area (Å²) in [5, 5.41) is 9.52. The third-order valence-electron chi connectivity index (χ3n) is 10.5. The maximum atomic E-state index is 15.0. The van der Waals surface area contributed by atoms with Crippen molar-refractivity contribution in [3.05, 3.63) is 73.8 Å². The third kappa shape index (κ3) is 6.61. The van der Waals surface area contributed by atoms with Crippen molar-refractivity contribution >= 4 is 46.5 Å². The second-order valence-electron chi connectivity index (χ2n) is 13.1. The Morgan fingerprint density at radius 1 is 0.939 bits per heavy atom. The molecule has 10 heteroatoms. The molecule has 2 aromatic carbocycles. The molecular formula is C39H52N4O5S. The van der Waals surface area contributed by atoms with E-state index in [4.69, 9.17) is 4.74 Å². The number of hydrogen-bond donors (Lipinski definition) is 1. The van der Waals surface area contributed by atoms with Crippen LogP contribution in [0.3, 0.4) is 0 Å². The topological polar surface area (TPSA) is 93.6 Å². The number of thioether (sulfide) groups is 1. The SMILES string of the molecule is C=CCN(C(=O)C1N(CCCCO)C(=O)[C@@H]2[C@@H](C(=O)N(CC=C)c3ccc(OCC)cc3)[C@H]3CC(C)C12S3)c1ccc(N(CC)CC)cc1. The molecule has 0 aliphatic carbocycles. The molecule has 3 unspecified atom stereocenters. The number of carbonyl (C=O) groups is 3. The van der Waals surface area contributed by atoms with E-state index in [1.807, 2.05) is 55.5 Å². The van der Waals surface area contributed by atoms with Crippen molar-refractivity contribution in [1.29, 1.82) is 0 Å². The highest BCUT2D eigenvalue weighted by Gasteiger charge is 2.76. The van der Waals surface area contributed by atoms with Gasteiger partial charge in [0.15, 0.2) is 0 Å². The van der Waals surface area contributed by atoms with Crippen LogP contribution in [0.1, 0.15) is 47.0 Å². The Balaban J connectivity index is 1.54. The number of aliphatic hydroxyl groups is 1. The number of rotatable bonds is 17. The van der Waals surface area contributed by atoms with Gasteiger partial charge in [-0.15, -0.1) is 24.9 Å². The van der Waals surface area contributed by atoms with Crippen molar-refractivity contribution in [2.75, 3.05) is 60.6 Å². The van der Waals surface area contributed by atoms with Crippen LogP contribution in [0.25, 0.3) is 0 Å². The molecule has 2 bridgehead atoms. The molecule has 5 rings (SSSR count). The Morgan fingerprint density at radius 2 is 1.51 bits per heavy atom. The van der Waals surface area contributed by atoms with Gasteiger partial charge in [-0.05, 0) is 94.5 Å². The van der Waals surface area contributed by atoms with Crippen LogP contribution in [0.5, 0.6) is 5.75 Å². The molecule has 2 aromatic rings. The molecular weight excluding hydrogens is 637 g/mol. The quantitative estimate of drug-likeness (QED) is 0.167. The van der Waals surface area contributed by atoms with Crippen LogP contribution >= 0.6 is 11.8 Å². The molecule has 0 aromatic heterocycles. The minimum absolute atomic E-state index is 0.00360. The van der Waals surface area contributed by atoms with E-state index in [0.29, 0.717) is 38.2 Å². The van der Waals surface area contributed by atoms with Crippen molar-refractivity contribution in [2.24, 2.45) is 17.8 Å². The van der Waals surface area contributed by atoms with E-state index in [2.05, 4.69) is 38.8 Å². The predicted molar refractivity (Wildman–Crippen MR) is 199 cm³/mol. The highest BCUT2D eigenvalue weighted by Crippen LogP contribution is 2.69. The second kappa shape index (κ2) is 15.9. The summed E-state index contributed by atoms with van der Waals surface area (Å²) in [5.41, 5.74) is 2.54. The van der Waals surface area contributed by atoms with E-state index in [1.54, 1.807) is 38.6 Å². The molecule has 264 valence electrons. The molecule has 3 aliphatic heterocycles. The Bertz CT molecular complexity index is 1500. The summed E-state index contributed by atoms with van der Waals surface area (Å²) in [7, 11) is 0. The summed E-state index contributed by atoms with van der Waals surface area (Å²) in [6.45, 7) is 19.4. The first kappa shape index (κ1) is 36.5. The average molecular weight is 689 g/mol. The van der Waals surface area contributed by atoms with Crippen LogP contribution in [-0.4, -0.2) is 89.7 Å². The summed E-state index contributed by atoms with van der Waals surface area (Å²) in [5.74, 6) is -0.891. The van der Waals surface area contributed by atoms with E-state index in [-0.39, 0.29) is 42.0 Å². The summed E-state index contributed by atoms with van der Waals surface area (Å²) in [6, 6.07) is 14.7. The van der Waals surface area contributed by atoms with Crippen LogP contribution in [0.4, 0.5) is 17.1 Å². The van der Waals surface area contributed by atoms with Gasteiger partial charge in [0.2, 0.25) is 11.8 Å². The zero-order chi connectivity index (χ0) is 35.3. The highest BCUT2D eigenvalue weighted by molar-refractivity contribution is 8.02. The molecule has 3 fully saturated rings. The lowest BCUT2D eigenvalue weighted by Gasteiger charge is -2.41. The molecule has 0 radical (unpaired) electrons. The van der Waals surface area contributed by atoms with E-state index < -0.39 is 22.6 Å². The van der Waals surface area contributed by atoms with Gasteiger partial charge >= 0.3 is 0 Å². The Hall–Kier alpha value is -3.76. The largest absolute Gasteiger partial charge is 0.494 e. The molecule has 0 saturated carbocycles. The second-order valence-corrected chi connectivity index (χ2v) is 14.7. The number of hydrogen-bond acceptors (Lipinski definition) is 7. The molecule has 49 heavy (non-hydrogen) atoms. The van der Waals surface area contributed by atoms with E-state index in [0.717, 1.165) is 36.6 Å². The fourth-order valence-corrected chi connectivity index (χ4v) is 10.7. The minimum Gasteiger partial charge on any atom is -0.494 e. The number of ether oxygens (including phenoxy) is 1. The van der Waals surface area contributed by atoms with E-state index in [9.17, 15) is 14.7 Å². The molecule has 1 N–H and O–H groups in total. The number of aliphatic hydroxyl groups excluding tert-OH is 1. The van der Waals surface area contributed by atoms with Gasteiger partial charge in [-0.25, -0.2) is 0 Å². The van der Waals surface area contributed by atoms with Gasteiger partial charge in [0.1, 0.15) is 11.8 Å². The van der Waals surface area contributed by atoms with E-state index >= 15 is 4.79 Å². The zero-order valence-corrected chi connectivity index (χ0v) is 30.2. The number of likely N-dealkylation sites (tertiary alicyclic amines) is 1. The number of carbonyl (C=O) groups excluding carboxylic acids is 3. The van der Waals surface area contributed by atoms with Gasteiger partial charge in [-0.3, -0.25) is 14.4 Å². The van der Waals surface area contributed by atoms with E-state index in [1.165, 1.54) is 0 Å². The lowest BCUT2D eigenvalue weighted by atomic mass is 9.65.